The molecule has 0 atom stereocenters. The maximum absolute atomic E-state index is 12.9. The van der Waals surface area contributed by atoms with Crippen LogP contribution in [0.5, 0.6) is 0 Å². The first-order chi connectivity index (χ1) is 18.0. The Morgan fingerprint density at radius 1 is 0.865 bits per heavy atom. The first-order valence-electron chi connectivity index (χ1n) is 11.3. The number of pyridine rings is 1. The smallest absolute Gasteiger partial charge is 0.267 e. The molecule has 10 nitrogen and oxygen atoms in total. The molecule has 1 aliphatic rings. The van der Waals surface area contributed by atoms with Gasteiger partial charge in [0.15, 0.2) is 0 Å². The number of nitrogens with zero attached hydrogens (tertiary/aromatic N) is 7. The summed E-state index contributed by atoms with van der Waals surface area (Å²) in [5.74, 6) is -0.741. The van der Waals surface area contributed by atoms with Gasteiger partial charge in [-0.15, -0.1) is 16.4 Å². The van der Waals surface area contributed by atoms with E-state index in [4.69, 9.17) is 0 Å². The lowest BCUT2D eigenvalue weighted by Crippen LogP contribution is -2.30. The van der Waals surface area contributed by atoms with Crippen LogP contribution in [-0.2, 0) is 13.5 Å². The van der Waals surface area contributed by atoms with Gasteiger partial charge in [-0.05, 0) is 40.3 Å². The monoisotopic (exact) mass is 507 g/mol. The number of carbonyl (C=O) groups excluding carboxylic acids is 3. The lowest BCUT2D eigenvalue weighted by Gasteiger charge is -2.14. The molecule has 2 amide bonds. The highest BCUT2D eigenvalue weighted by molar-refractivity contribution is 7.13. The highest BCUT2D eigenvalue weighted by Crippen LogP contribution is 2.30. The Labute approximate surface area is 214 Å². The van der Waals surface area contributed by atoms with Crippen LogP contribution in [0.15, 0.2) is 72.1 Å². The van der Waals surface area contributed by atoms with E-state index in [1.54, 1.807) is 48.8 Å². The Bertz CT molecular complexity index is 1670. The van der Waals surface area contributed by atoms with Crippen molar-refractivity contribution < 1.29 is 14.4 Å². The van der Waals surface area contributed by atoms with Crippen LogP contribution in [0.2, 0.25) is 0 Å². The standard InChI is InChI=1S/C26H17N7O3S/c1-32-23(29-30-31-32)22(34)20-14-37-24(28-20)17-9-3-2-7-15(17)13-16-8-6-12-21(27-16)33-25(35)18-10-4-5-11-19(18)26(33)36/h2-12,14H,13H2,1H3. The van der Waals surface area contributed by atoms with Crippen molar-refractivity contribution in [1.82, 2.24) is 30.2 Å². The number of hydrogen-bond acceptors (Lipinski definition) is 9. The molecule has 5 aromatic rings. The Balaban J connectivity index is 1.29. The van der Waals surface area contributed by atoms with E-state index in [-0.39, 0.29) is 34.9 Å². The number of tetrazole rings is 1. The van der Waals surface area contributed by atoms with E-state index >= 15 is 0 Å². The van der Waals surface area contributed by atoms with E-state index in [1.807, 2.05) is 30.3 Å². The number of fused-ring (bicyclic) bond motifs is 1. The Morgan fingerprint density at radius 2 is 1.57 bits per heavy atom. The quantitative estimate of drug-likeness (QED) is 0.253. The van der Waals surface area contributed by atoms with Gasteiger partial charge in [0.25, 0.3) is 17.6 Å². The normalized spacial score (nSPS) is 12.7. The van der Waals surface area contributed by atoms with Crippen molar-refractivity contribution in [1.29, 1.82) is 0 Å². The minimum absolute atomic E-state index is 0.110. The highest BCUT2D eigenvalue weighted by Gasteiger charge is 2.37. The summed E-state index contributed by atoms with van der Waals surface area (Å²) in [5.41, 5.74) is 3.48. The molecule has 0 fully saturated rings. The molecular formula is C26H17N7O3S. The van der Waals surface area contributed by atoms with Gasteiger partial charge >= 0.3 is 0 Å². The van der Waals surface area contributed by atoms with Crippen molar-refractivity contribution in [3.8, 4) is 10.6 Å². The summed E-state index contributed by atoms with van der Waals surface area (Å²) >= 11 is 1.35. The van der Waals surface area contributed by atoms with E-state index < -0.39 is 0 Å². The molecule has 4 heterocycles. The van der Waals surface area contributed by atoms with Gasteiger partial charge in [-0.25, -0.2) is 19.5 Å². The molecule has 0 N–H and O–H groups in total. The van der Waals surface area contributed by atoms with Crippen LogP contribution in [0.4, 0.5) is 5.82 Å². The molecule has 0 bridgehead atoms. The average molecular weight is 508 g/mol. The minimum Gasteiger partial charge on any atom is -0.283 e. The van der Waals surface area contributed by atoms with Crippen molar-refractivity contribution in [2.24, 2.45) is 7.05 Å². The third-order valence-electron chi connectivity index (χ3n) is 5.99. The summed E-state index contributed by atoms with van der Waals surface area (Å²) in [6, 6.07) is 19.7. The fraction of sp³-hybridized carbons (Fsp3) is 0.0769. The van der Waals surface area contributed by atoms with Crippen LogP contribution >= 0.6 is 11.3 Å². The van der Waals surface area contributed by atoms with Crippen molar-refractivity contribution in [2.45, 2.75) is 6.42 Å². The summed E-state index contributed by atoms with van der Waals surface area (Å²) in [7, 11) is 1.60. The third-order valence-corrected chi connectivity index (χ3v) is 6.87. The first-order valence-corrected chi connectivity index (χ1v) is 12.1. The fourth-order valence-corrected chi connectivity index (χ4v) is 5.06. The first kappa shape index (κ1) is 22.6. The molecule has 6 rings (SSSR count). The van der Waals surface area contributed by atoms with Gasteiger partial charge in [-0.1, -0.05) is 42.5 Å². The van der Waals surface area contributed by atoms with Gasteiger partial charge in [-0.3, -0.25) is 14.4 Å². The van der Waals surface area contributed by atoms with E-state index in [1.165, 1.54) is 16.0 Å². The van der Waals surface area contributed by atoms with E-state index in [9.17, 15) is 14.4 Å². The number of aromatic nitrogens is 6. The summed E-state index contributed by atoms with van der Waals surface area (Å²) < 4.78 is 1.31. The summed E-state index contributed by atoms with van der Waals surface area (Å²) in [6.45, 7) is 0. The summed E-state index contributed by atoms with van der Waals surface area (Å²) in [6.07, 6.45) is 0.434. The van der Waals surface area contributed by atoms with Crippen molar-refractivity contribution >= 4 is 34.8 Å². The predicted octanol–water partition coefficient (Wildman–Crippen LogP) is 3.35. The number of hydrogen-bond donors (Lipinski definition) is 0. The molecule has 0 saturated heterocycles. The number of imide groups is 1. The molecule has 2 aromatic carbocycles. The molecule has 0 spiro atoms. The zero-order valence-corrected chi connectivity index (χ0v) is 20.2. The van der Waals surface area contributed by atoms with Crippen molar-refractivity contribution in [3.63, 3.8) is 0 Å². The van der Waals surface area contributed by atoms with Crippen molar-refractivity contribution in [3.05, 3.63) is 106 Å². The van der Waals surface area contributed by atoms with Gasteiger partial charge < -0.3 is 0 Å². The Morgan fingerprint density at radius 3 is 2.27 bits per heavy atom. The van der Waals surface area contributed by atoms with Gasteiger partial charge in [0.05, 0.1) is 11.1 Å². The second-order valence-corrected chi connectivity index (χ2v) is 9.16. The molecular weight excluding hydrogens is 490 g/mol. The molecule has 1 aliphatic heterocycles. The fourth-order valence-electron chi connectivity index (χ4n) is 4.20. The highest BCUT2D eigenvalue weighted by atomic mass is 32.1. The zero-order chi connectivity index (χ0) is 25.5. The molecule has 11 heteroatoms. The van der Waals surface area contributed by atoms with Crippen LogP contribution < -0.4 is 4.90 Å². The van der Waals surface area contributed by atoms with Gasteiger partial charge in [0.2, 0.25) is 5.82 Å². The molecule has 180 valence electrons. The van der Waals surface area contributed by atoms with Crippen LogP contribution in [0.3, 0.4) is 0 Å². The molecule has 0 aliphatic carbocycles. The van der Waals surface area contributed by atoms with Crippen LogP contribution in [-0.4, -0.2) is 47.8 Å². The van der Waals surface area contributed by atoms with Gasteiger partial charge in [-0.2, -0.15) is 0 Å². The van der Waals surface area contributed by atoms with Crippen LogP contribution in [0, 0.1) is 0 Å². The maximum atomic E-state index is 12.9. The number of anilines is 1. The van der Waals surface area contributed by atoms with Crippen molar-refractivity contribution in [2.75, 3.05) is 4.90 Å². The number of benzene rings is 2. The topological polar surface area (TPSA) is 124 Å². The minimum atomic E-state index is -0.385. The average Bonchev–Trinajstić information content (AvgIpc) is 3.63. The number of amides is 2. The second kappa shape index (κ2) is 8.95. The van der Waals surface area contributed by atoms with Gasteiger partial charge in [0.1, 0.15) is 16.5 Å². The number of rotatable bonds is 6. The SMILES string of the molecule is Cn1nnnc1C(=O)c1csc(-c2ccccc2Cc2cccc(N3C(=O)c4ccccc4C3=O)n2)n1. The lowest BCUT2D eigenvalue weighted by molar-refractivity contribution is 0.0923. The van der Waals surface area contributed by atoms with Gasteiger partial charge in [0, 0.05) is 30.1 Å². The number of ketones is 1. The number of carbonyl (C=O) groups is 3. The molecule has 0 unspecified atom stereocenters. The zero-order valence-electron chi connectivity index (χ0n) is 19.4. The largest absolute Gasteiger partial charge is 0.283 e. The summed E-state index contributed by atoms with van der Waals surface area (Å²) in [5, 5.41) is 13.3. The second-order valence-electron chi connectivity index (χ2n) is 8.31. The number of thiazole rings is 1. The molecule has 0 saturated carbocycles. The van der Waals surface area contributed by atoms with Crippen LogP contribution in [0.25, 0.3) is 10.6 Å². The molecule has 37 heavy (non-hydrogen) atoms. The van der Waals surface area contributed by atoms with E-state index in [2.05, 4.69) is 25.5 Å². The Hall–Kier alpha value is -4.90. The lowest BCUT2D eigenvalue weighted by atomic mass is 10.0. The molecule has 3 aromatic heterocycles. The van der Waals surface area contributed by atoms with E-state index in [0.717, 1.165) is 16.0 Å². The maximum Gasteiger partial charge on any atom is 0.267 e. The molecule has 0 radical (unpaired) electrons. The van der Waals surface area contributed by atoms with Crippen LogP contribution in [0.1, 0.15) is 48.3 Å². The Kier molecular flexibility index (Phi) is 5.46. The third kappa shape index (κ3) is 3.91. The predicted molar refractivity (Wildman–Crippen MR) is 134 cm³/mol. The van der Waals surface area contributed by atoms with E-state index in [0.29, 0.717) is 28.2 Å². The summed E-state index contributed by atoms with van der Waals surface area (Å²) in [4.78, 5) is 48.8. The number of aryl methyl sites for hydroxylation is 1.